The first-order valence-corrected chi connectivity index (χ1v) is 5.97. The van der Waals surface area contributed by atoms with Crippen molar-refractivity contribution < 1.29 is 5.11 Å². The lowest BCUT2D eigenvalue weighted by atomic mass is 10.0. The van der Waals surface area contributed by atoms with Crippen molar-refractivity contribution in [1.82, 2.24) is 0 Å². The van der Waals surface area contributed by atoms with E-state index in [-0.39, 0.29) is 0 Å². The molecule has 0 bridgehead atoms. The van der Waals surface area contributed by atoms with Gasteiger partial charge in [-0.25, -0.2) is 0 Å². The summed E-state index contributed by atoms with van der Waals surface area (Å²) in [5.41, 5.74) is 2.81. The van der Waals surface area contributed by atoms with E-state index in [0.29, 0.717) is 0 Å². The van der Waals surface area contributed by atoms with E-state index in [1.54, 1.807) is 11.3 Å². The molecule has 1 atom stereocenters. The Morgan fingerprint density at radius 1 is 1.27 bits per heavy atom. The topological polar surface area (TPSA) is 20.2 Å². The minimum absolute atomic E-state index is 0.549. The maximum absolute atomic E-state index is 10.1. The molecule has 1 aromatic carbocycles. The molecule has 78 valence electrons. The second-order valence-electron chi connectivity index (χ2n) is 3.47. The minimum Gasteiger partial charge on any atom is -0.384 e. The zero-order valence-electron chi connectivity index (χ0n) is 8.27. The van der Waals surface area contributed by atoms with Crippen LogP contribution in [0.1, 0.15) is 22.8 Å². The van der Waals surface area contributed by atoms with Crippen molar-refractivity contribution in [2.45, 2.75) is 13.0 Å². The molecule has 0 aliphatic rings. The lowest BCUT2D eigenvalue weighted by molar-refractivity contribution is 0.221. The highest BCUT2D eigenvalue weighted by molar-refractivity contribution is 7.07. The maximum atomic E-state index is 10.1. The summed E-state index contributed by atoms with van der Waals surface area (Å²) in [5, 5.41) is 14.7. The summed E-state index contributed by atoms with van der Waals surface area (Å²) in [6, 6.07) is 7.53. The minimum atomic E-state index is -0.549. The monoisotopic (exact) mass is 238 g/mol. The van der Waals surface area contributed by atoms with Crippen LogP contribution < -0.4 is 0 Å². The van der Waals surface area contributed by atoms with Crippen LogP contribution in [0.5, 0.6) is 0 Å². The Hall–Kier alpha value is -0.830. The number of thiophene rings is 1. The standard InChI is InChI=1S/C12H11ClOS/c1-8-6-9(2-3-11(8)13)12(14)10-4-5-15-7-10/h2-7,12,14H,1H3/t12-/m0/s1. The van der Waals surface area contributed by atoms with Crippen LogP contribution in [-0.4, -0.2) is 5.11 Å². The van der Waals surface area contributed by atoms with Gasteiger partial charge in [0.25, 0.3) is 0 Å². The number of hydrogen-bond donors (Lipinski definition) is 1. The van der Waals surface area contributed by atoms with Gasteiger partial charge < -0.3 is 5.11 Å². The first-order valence-electron chi connectivity index (χ1n) is 4.64. The molecular formula is C12H11ClOS. The van der Waals surface area contributed by atoms with Gasteiger partial charge in [0, 0.05) is 5.02 Å². The van der Waals surface area contributed by atoms with E-state index in [0.717, 1.165) is 21.7 Å². The quantitative estimate of drug-likeness (QED) is 0.844. The van der Waals surface area contributed by atoms with Crippen LogP contribution in [0.2, 0.25) is 5.02 Å². The molecule has 1 nitrogen and oxygen atoms in total. The first-order chi connectivity index (χ1) is 7.18. The van der Waals surface area contributed by atoms with Crippen molar-refractivity contribution in [3.63, 3.8) is 0 Å². The SMILES string of the molecule is Cc1cc([C@H](O)c2ccsc2)ccc1Cl. The zero-order chi connectivity index (χ0) is 10.8. The van der Waals surface area contributed by atoms with Crippen LogP contribution in [0.15, 0.2) is 35.0 Å². The van der Waals surface area contributed by atoms with Crippen molar-refractivity contribution in [2.24, 2.45) is 0 Å². The molecule has 3 heteroatoms. The Bertz CT molecular complexity index is 451. The lowest BCUT2D eigenvalue weighted by Gasteiger charge is -2.10. The number of hydrogen-bond acceptors (Lipinski definition) is 2. The summed E-state index contributed by atoms with van der Waals surface area (Å²) in [5.74, 6) is 0. The molecule has 1 N–H and O–H groups in total. The van der Waals surface area contributed by atoms with E-state index in [9.17, 15) is 5.11 Å². The zero-order valence-corrected chi connectivity index (χ0v) is 9.85. The van der Waals surface area contributed by atoms with Crippen molar-refractivity contribution >= 4 is 22.9 Å². The van der Waals surface area contributed by atoms with Crippen LogP contribution in [0, 0.1) is 6.92 Å². The maximum Gasteiger partial charge on any atom is 0.105 e. The number of aliphatic hydroxyl groups is 1. The summed E-state index contributed by atoms with van der Waals surface area (Å²) in [7, 11) is 0. The van der Waals surface area contributed by atoms with Gasteiger partial charge in [-0.1, -0.05) is 23.7 Å². The van der Waals surface area contributed by atoms with Crippen LogP contribution in [0.3, 0.4) is 0 Å². The normalized spacial score (nSPS) is 12.7. The fraction of sp³-hybridized carbons (Fsp3) is 0.167. The molecule has 15 heavy (non-hydrogen) atoms. The van der Waals surface area contributed by atoms with E-state index in [2.05, 4.69) is 0 Å². The van der Waals surface area contributed by atoms with Gasteiger partial charge >= 0.3 is 0 Å². The number of aryl methyl sites for hydroxylation is 1. The average Bonchev–Trinajstić information content (AvgIpc) is 2.74. The summed E-state index contributed by atoms with van der Waals surface area (Å²) < 4.78 is 0. The molecule has 0 aliphatic heterocycles. The highest BCUT2D eigenvalue weighted by Gasteiger charge is 2.11. The molecule has 0 saturated carbocycles. The molecule has 1 heterocycles. The number of rotatable bonds is 2. The van der Waals surface area contributed by atoms with E-state index in [1.807, 2.05) is 41.9 Å². The molecule has 0 amide bonds. The molecule has 2 aromatic rings. The van der Waals surface area contributed by atoms with Crippen molar-refractivity contribution in [1.29, 1.82) is 0 Å². The second kappa shape index (κ2) is 4.35. The van der Waals surface area contributed by atoms with Gasteiger partial charge in [0.05, 0.1) is 0 Å². The number of aliphatic hydroxyl groups excluding tert-OH is 1. The van der Waals surface area contributed by atoms with Crippen LogP contribution in [0.4, 0.5) is 0 Å². The molecule has 1 aromatic heterocycles. The predicted molar refractivity (Wildman–Crippen MR) is 64.6 cm³/mol. The lowest BCUT2D eigenvalue weighted by Crippen LogP contribution is -1.98. The summed E-state index contributed by atoms with van der Waals surface area (Å²) in [6.07, 6.45) is -0.549. The number of halogens is 1. The van der Waals surface area contributed by atoms with Crippen LogP contribution in [-0.2, 0) is 0 Å². The van der Waals surface area contributed by atoms with E-state index in [4.69, 9.17) is 11.6 Å². The Morgan fingerprint density at radius 3 is 2.67 bits per heavy atom. The fourth-order valence-corrected chi connectivity index (χ4v) is 2.26. The summed E-state index contributed by atoms with van der Waals surface area (Å²) >= 11 is 7.51. The van der Waals surface area contributed by atoms with E-state index >= 15 is 0 Å². The third kappa shape index (κ3) is 2.23. The average molecular weight is 239 g/mol. The van der Waals surface area contributed by atoms with Crippen LogP contribution >= 0.6 is 22.9 Å². The van der Waals surface area contributed by atoms with Gasteiger partial charge in [-0.05, 0) is 46.5 Å². The Labute approximate surface area is 98.0 Å². The second-order valence-corrected chi connectivity index (χ2v) is 4.66. The van der Waals surface area contributed by atoms with Crippen LogP contribution in [0.25, 0.3) is 0 Å². The summed E-state index contributed by atoms with van der Waals surface area (Å²) in [6.45, 7) is 1.94. The predicted octanol–water partition coefficient (Wildman–Crippen LogP) is 3.79. The Morgan fingerprint density at radius 2 is 2.07 bits per heavy atom. The molecule has 0 aliphatic carbocycles. The third-order valence-electron chi connectivity index (χ3n) is 2.36. The molecular weight excluding hydrogens is 228 g/mol. The first kappa shape index (κ1) is 10.7. The highest BCUT2D eigenvalue weighted by Crippen LogP contribution is 2.26. The van der Waals surface area contributed by atoms with Gasteiger partial charge in [-0.3, -0.25) is 0 Å². The molecule has 0 spiro atoms. The fourth-order valence-electron chi connectivity index (χ4n) is 1.46. The molecule has 0 saturated heterocycles. The molecule has 0 radical (unpaired) electrons. The van der Waals surface area contributed by atoms with E-state index < -0.39 is 6.10 Å². The number of benzene rings is 1. The highest BCUT2D eigenvalue weighted by atomic mass is 35.5. The van der Waals surface area contributed by atoms with Gasteiger partial charge in [0.1, 0.15) is 6.10 Å². The van der Waals surface area contributed by atoms with Crippen molar-refractivity contribution in [2.75, 3.05) is 0 Å². The van der Waals surface area contributed by atoms with Gasteiger partial charge in [-0.2, -0.15) is 11.3 Å². The smallest absolute Gasteiger partial charge is 0.105 e. The largest absolute Gasteiger partial charge is 0.384 e. The van der Waals surface area contributed by atoms with E-state index in [1.165, 1.54) is 0 Å². The molecule has 0 fully saturated rings. The van der Waals surface area contributed by atoms with Crippen molar-refractivity contribution in [3.8, 4) is 0 Å². The van der Waals surface area contributed by atoms with Crippen molar-refractivity contribution in [3.05, 3.63) is 56.7 Å². The van der Waals surface area contributed by atoms with Gasteiger partial charge in [0.15, 0.2) is 0 Å². The summed E-state index contributed by atoms with van der Waals surface area (Å²) in [4.78, 5) is 0. The molecule has 2 rings (SSSR count). The van der Waals surface area contributed by atoms with Gasteiger partial charge in [-0.15, -0.1) is 0 Å². The van der Waals surface area contributed by atoms with Gasteiger partial charge in [0.2, 0.25) is 0 Å². The Kier molecular flexibility index (Phi) is 3.10. The third-order valence-corrected chi connectivity index (χ3v) is 3.48. The Balaban J connectivity index is 2.34. The molecule has 0 unspecified atom stereocenters.